The first kappa shape index (κ1) is 18.0. The lowest BCUT2D eigenvalue weighted by Gasteiger charge is -2.20. The maximum Gasteiger partial charge on any atom is 0.299 e. The Hall–Kier alpha value is -2.32. The summed E-state index contributed by atoms with van der Waals surface area (Å²) in [5, 5.41) is 2.61. The number of rotatable bonds is 9. The van der Waals surface area contributed by atoms with Crippen molar-refractivity contribution in [2.24, 2.45) is 0 Å². The Labute approximate surface area is 142 Å². The van der Waals surface area contributed by atoms with E-state index in [0.717, 1.165) is 11.3 Å². The summed E-state index contributed by atoms with van der Waals surface area (Å²) >= 11 is 0. The van der Waals surface area contributed by atoms with Gasteiger partial charge in [0.25, 0.3) is 11.0 Å². The number of furan rings is 1. The van der Waals surface area contributed by atoms with Crippen molar-refractivity contribution in [2.75, 3.05) is 20.1 Å². The largest absolute Gasteiger partial charge is 0.468 e. The smallest absolute Gasteiger partial charge is 0.299 e. The Bertz CT molecular complexity index is 720. The van der Waals surface area contributed by atoms with Gasteiger partial charge in [-0.2, -0.15) is 8.42 Å². The fraction of sp³-hybridized carbons (Fsp3) is 0.312. The van der Waals surface area contributed by atoms with E-state index in [4.69, 9.17) is 4.42 Å². The molecule has 2 aromatic rings. The molecule has 0 aliphatic rings. The van der Waals surface area contributed by atoms with E-state index in [1.807, 2.05) is 17.0 Å². The van der Waals surface area contributed by atoms with Gasteiger partial charge in [0.05, 0.1) is 19.4 Å². The van der Waals surface area contributed by atoms with Crippen LogP contribution in [0, 0.1) is 0 Å². The van der Waals surface area contributed by atoms with Crippen molar-refractivity contribution < 1.29 is 21.8 Å². The maximum absolute atomic E-state index is 11.7. The number of amides is 1. The van der Waals surface area contributed by atoms with Crippen LogP contribution in [0.15, 0.2) is 47.1 Å². The molecule has 8 heteroatoms. The summed E-state index contributed by atoms with van der Waals surface area (Å²) in [6.45, 7) is 1.38. The number of hydrogen-bond acceptors (Lipinski definition) is 6. The molecule has 2 rings (SSSR count). The number of likely N-dealkylation sites (N-methyl/N-ethyl adjacent to an activating group) is 1. The highest BCUT2D eigenvalue weighted by atomic mass is 32.2. The van der Waals surface area contributed by atoms with Gasteiger partial charge in [0, 0.05) is 13.6 Å². The molecule has 1 heterocycles. The molecule has 130 valence electrons. The minimum Gasteiger partial charge on any atom is -0.468 e. The molecular weight excluding hydrogens is 332 g/mol. The number of nitrogens with one attached hydrogen (secondary N) is 1. The zero-order chi connectivity index (χ0) is 17.4. The van der Waals surface area contributed by atoms with Gasteiger partial charge in [-0.05, 0) is 36.2 Å². The first-order valence-corrected chi connectivity index (χ1v) is 8.53. The third-order valence-corrected chi connectivity index (χ3v) is 3.76. The molecule has 7 nitrogen and oxygen atoms in total. The van der Waals surface area contributed by atoms with Crippen molar-refractivity contribution in [2.45, 2.75) is 13.0 Å². The molecule has 0 unspecified atom stereocenters. The first-order valence-electron chi connectivity index (χ1n) is 7.43. The number of nitrogens with zero attached hydrogens (tertiary/aromatic N) is 1. The highest BCUT2D eigenvalue weighted by molar-refractivity contribution is 7.67. The van der Waals surface area contributed by atoms with E-state index in [-0.39, 0.29) is 18.2 Å². The van der Waals surface area contributed by atoms with Gasteiger partial charge < -0.3 is 13.9 Å². The van der Waals surface area contributed by atoms with E-state index >= 15 is 0 Å². The summed E-state index contributed by atoms with van der Waals surface area (Å²) in [7, 11) is -1.33. The molecule has 1 aromatic heterocycles. The molecule has 0 spiro atoms. The molecule has 1 amide bonds. The first-order chi connectivity index (χ1) is 11.6. The topological polar surface area (TPSA) is 88.9 Å². The Kier molecular flexibility index (Phi) is 6.83. The van der Waals surface area contributed by atoms with Gasteiger partial charge >= 0.3 is 0 Å². The highest BCUT2D eigenvalue weighted by Crippen LogP contribution is 2.15. The molecule has 0 saturated carbocycles. The van der Waals surface area contributed by atoms with Gasteiger partial charge in [-0.3, -0.25) is 9.69 Å². The summed E-state index contributed by atoms with van der Waals surface area (Å²) in [5.41, 5.74) is 0.922. The predicted molar refractivity (Wildman–Crippen MR) is 89.1 cm³/mol. The van der Waals surface area contributed by atoms with Crippen LogP contribution in [0.4, 0.5) is 0 Å². The second kappa shape index (κ2) is 9.09. The number of carbonyl (C=O) groups is 1. The lowest BCUT2D eigenvalue weighted by molar-refractivity contribution is -0.121. The van der Waals surface area contributed by atoms with Crippen molar-refractivity contribution in [3.63, 3.8) is 0 Å². The predicted octanol–water partition coefficient (Wildman–Crippen LogP) is 0.975. The zero-order valence-corrected chi connectivity index (χ0v) is 14.2. The monoisotopic (exact) mass is 352 g/mol. The molecule has 0 atom stereocenters. The van der Waals surface area contributed by atoms with Gasteiger partial charge in [-0.25, -0.2) is 0 Å². The fourth-order valence-electron chi connectivity index (χ4n) is 2.25. The van der Waals surface area contributed by atoms with E-state index in [0.29, 0.717) is 19.5 Å². The van der Waals surface area contributed by atoms with Crippen molar-refractivity contribution in [1.29, 1.82) is 0 Å². The van der Waals surface area contributed by atoms with Crippen LogP contribution in [0.5, 0.6) is 5.75 Å². The van der Waals surface area contributed by atoms with Crippen molar-refractivity contribution >= 4 is 16.9 Å². The second-order valence-corrected chi connectivity index (χ2v) is 5.81. The minimum atomic E-state index is -2.93. The van der Waals surface area contributed by atoms with Gasteiger partial charge in [-0.1, -0.05) is 12.1 Å². The van der Waals surface area contributed by atoms with Crippen LogP contribution in [-0.2, 0) is 28.7 Å². The molecule has 1 aromatic carbocycles. The van der Waals surface area contributed by atoms with Crippen LogP contribution in [0.25, 0.3) is 0 Å². The van der Waals surface area contributed by atoms with E-state index < -0.39 is 11.0 Å². The average Bonchev–Trinajstić information content (AvgIpc) is 3.05. The molecular formula is C16H20N2O5S. The number of hydrogen-bond donors (Lipinski definition) is 2. The Morgan fingerprint density at radius 2 is 2.12 bits per heavy atom. The van der Waals surface area contributed by atoms with Crippen molar-refractivity contribution in [3.8, 4) is 5.75 Å². The third kappa shape index (κ3) is 6.05. The number of carbonyl (C=O) groups excluding carboxylic acids is 1. The van der Waals surface area contributed by atoms with Crippen LogP contribution >= 0.6 is 0 Å². The lowest BCUT2D eigenvalue weighted by atomic mass is 10.1. The standard InChI is InChI=1S/C16H20N2O5S/c1-17-16(19)12-18(11-15-6-3-9-22-15)8-7-13-4-2-5-14(10-13)23-24(20)21/h2-6,9-10,24H,7-8,11-12H2,1H3,(H,17,19). The van der Waals surface area contributed by atoms with Crippen LogP contribution in [0.1, 0.15) is 11.3 Å². The van der Waals surface area contributed by atoms with Crippen LogP contribution in [0.3, 0.4) is 0 Å². The summed E-state index contributed by atoms with van der Waals surface area (Å²) in [4.78, 5) is 13.6. The Morgan fingerprint density at radius 1 is 1.29 bits per heavy atom. The van der Waals surface area contributed by atoms with Crippen LogP contribution in [0.2, 0.25) is 0 Å². The van der Waals surface area contributed by atoms with E-state index in [1.54, 1.807) is 37.6 Å². The fourth-order valence-corrected chi connectivity index (χ4v) is 2.54. The molecule has 0 bridgehead atoms. The third-order valence-electron chi connectivity index (χ3n) is 3.40. The number of thiol groups is 1. The Balaban J connectivity index is 1.99. The van der Waals surface area contributed by atoms with E-state index in [1.165, 1.54) is 0 Å². The summed E-state index contributed by atoms with van der Waals surface area (Å²) in [6, 6.07) is 10.5. The summed E-state index contributed by atoms with van der Waals surface area (Å²) in [6.07, 6.45) is 2.24. The summed E-state index contributed by atoms with van der Waals surface area (Å²) < 4.78 is 31.3. The second-order valence-electron chi connectivity index (χ2n) is 5.18. The number of benzene rings is 1. The molecule has 0 fully saturated rings. The van der Waals surface area contributed by atoms with Crippen molar-refractivity contribution in [1.82, 2.24) is 10.2 Å². The van der Waals surface area contributed by atoms with Gasteiger partial charge in [0.1, 0.15) is 11.5 Å². The SMILES string of the molecule is CNC(=O)CN(CCc1cccc(O[SH](=O)=O)c1)Cc1ccco1. The average molecular weight is 352 g/mol. The molecule has 0 saturated heterocycles. The van der Waals surface area contributed by atoms with Crippen LogP contribution in [-0.4, -0.2) is 39.4 Å². The molecule has 0 radical (unpaired) electrons. The van der Waals surface area contributed by atoms with Crippen LogP contribution < -0.4 is 9.50 Å². The van der Waals surface area contributed by atoms with E-state index in [2.05, 4.69) is 9.50 Å². The highest BCUT2D eigenvalue weighted by Gasteiger charge is 2.12. The zero-order valence-electron chi connectivity index (χ0n) is 13.3. The molecule has 0 aliphatic heterocycles. The van der Waals surface area contributed by atoms with Gasteiger partial charge in [-0.15, -0.1) is 0 Å². The minimum absolute atomic E-state index is 0.0815. The lowest BCUT2D eigenvalue weighted by Crippen LogP contribution is -2.36. The van der Waals surface area contributed by atoms with E-state index in [9.17, 15) is 13.2 Å². The van der Waals surface area contributed by atoms with Gasteiger partial charge in [0.2, 0.25) is 5.91 Å². The summed E-state index contributed by atoms with van der Waals surface area (Å²) in [5.74, 6) is 0.980. The molecule has 0 aliphatic carbocycles. The van der Waals surface area contributed by atoms with Crippen molar-refractivity contribution in [3.05, 3.63) is 54.0 Å². The van der Waals surface area contributed by atoms with Gasteiger partial charge in [0.15, 0.2) is 0 Å². The molecule has 1 N–H and O–H groups in total. The quantitative estimate of drug-likeness (QED) is 0.654. The maximum atomic E-state index is 11.7. The Morgan fingerprint density at radius 3 is 2.79 bits per heavy atom. The molecule has 24 heavy (non-hydrogen) atoms. The normalized spacial score (nSPS) is 11.0.